The van der Waals surface area contributed by atoms with E-state index in [2.05, 4.69) is 84.8 Å². The summed E-state index contributed by atoms with van der Waals surface area (Å²) >= 11 is 0. The van der Waals surface area contributed by atoms with Gasteiger partial charge in [0.25, 0.3) is 0 Å². The van der Waals surface area contributed by atoms with E-state index in [1.165, 1.54) is 0 Å². The van der Waals surface area contributed by atoms with Crippen molar-refractivity contribution in [2.75, 3.05) is 39.8 Å². The Labute approximate surface area is 209 Å². The molecule has 0 rings (SSSR count). The van der Waals surface area contributed by atoms with Crippen LogP contribution in [0.2, 0.25) is 0 Å². The topological polar surface area (TPSA) is 44.4 Å². The van der Waals surface area contributed by atoms with Gasteiger partial charge in [0.05, 0.1) is 6.54 Å². The van der Waals surface area contributed by atoms with Crippen molar-refractivity contribution in [2.45, 2.75) is 116 Å². The standard InChI is InChI=1S/C27H57N3O.C2H6/c1-21(2)23(31)14-30(19-26(9,10)15-24(5,6)17-28-13)20-27(11,12)16-25(7,8)18-29-22(3)4;1-2/h21-22,28-29H,14-20H2,1-13H3;1-2H3. The summed E-state index contributed by atoms with van der Waals surface area (Å²) in [4.78, 5) is 15.2. The van der Waals surface area contributed by atoms with Crippen molar-refractivity contribution in [3.63, 3.8) is 0 Å². The number of carbonyl (C=O) groups is 1. The minimum atomic E-state index is 0.0844. The van der Waals surface area contributed by atoms with Gasteiger partial charge in [-0.15, -0.1) is 0 Å². The van der Waals surface area contributed by atoms with Crippen LogP contribution in [0.3, 0.4) is 0 Å². The molecule has 0 saturated heterocycles. The summed E-state index contributed by atoms with van der Waals surface area (Å²) in [5.41, 5.74) is 0.718. The van der Waals surface area contributed by atoms with Gasteiger partial charge >= 0.3 is 0 Å². The molecular weight excluding hydrogens is 406 g/mol. The maximum absolute atomic E-state index is 12.7. The predicted molar refractivity (Wildman–Crippen MR) is 149 cm³/mol. The van der Waals surface area contributed by atoms with Crippen LogP contribution in [0.15, 0.2) is 0 Å². The third-order valence-electron chi connectivity index (χ3n) is 5.89. The normalized spacial score (nSPS) is 13.5. The van der Waals surface area contributed by atoms with E-state index in [9.17, 15) is 4.79 Å². The molecule has 0 spiro atoms. The second kappa shape index (κ2) is 14.8. The second-order valence-corrected chi connectivity index (χ2v) is 13.8. The first-order chi connectivity index (χ1) is 14.8. The zero-order chi connectivity index (χ0) is 26.7. The first-order valence-electron chi connectivity index (χ1n) is 13.4. The van der Waals surface area contributed by atoms with Crippen molar-refractivity contribution in [3.05, 3.63) is 0 Å². The Balaban J connectivity index is 0. The Morgan fingerprint density at radius 3 is 1.45 bits per heavy atom. The number of Topliss-reactive ketones (excluding diaryl/α,β-unsaturated/α-hetero) is 1. The van der Waals surface area contributed by atoms with Gasteiger partial charge in [0.15, 0.2) is 0 Å². The highest BCUT2D eigenvalue weighted by atomic mass is 16.1. The average Bonchev–Trinajstić information content (AvgIpc) is 2.58. The van der Waals surface area contributed by atoms with E-state index in [-0.39, 0.29) is 27.6 Å². The fourth-order valence-corrected chi connectivity index (χ4v) is 5.57. The van der Waals surface area contributed by atoms with Crippen LogP contribution in [0.25, 0.3) is 0 Å². The molecule has 0 aliphatic rings. The van der Waals surface area contributed by atoms with E-state index in [0.717, 1.165) is 39.0 Å². The molecule has 2 N–H and O–H groups in total. The van der Waals surface area contributed by atoms with Crippen LogP contribution < -0.4 is 10.6 Å². The van der Waals surface area contributed by atoms with Gasteiger partial charge in [-0.05, 0) is 48.1 Å². The highest BCUT2D eigenvalue weighted by molar-refractivity contribution is 5.82. The van der Waals surface area contributed by atoms with Crippen molar-refractivity contribution in [2.24, 2.45) is 27.6 Å². The van der Waals surface area contributed by atoms with Crippen molar-refractivity contribution in [1.82, 2.24) is 15.5 Å². The van der Waals surface area contributed by atoms with Gasteiger partial charge in [0.2, 0.25) is 0 Å². The Bertz CT molecular complexity index is 533. The van der Waals surface area contributed by atoms with Crippen molar-refractivity contribution in [1.29, 1.82) is 0 Å². The number of hydrogen-bond acceptors (Lipinski definition) is 4. The van der Waals surface area contributed by atoms with E-state index < -0.39 is 0 Å². The first-order valence-corrected chi connectivity index (χ1v) is 13.4. The Hall–Kier alpha value is -0.450. The van der Waals surface area contributed by atoms with Gasteiger partial charge in [-0.2, -0.15) is 0 Å². The van der Waals surface area contributed by atoms with Gasteiger partial charge in [-0.1, -0.05) is 96.9 Å². The molecule has 0 aliphatic heterocycles. The lowest BCUT2D eigenvalue weighted by molar-refractivity contribution is -0.123. The van der Waals surface area contributed by atoms with Gasteiger partial charge in [-0.25, -0.2) is 0 Å². The molecule has 0 fully saturated rings. The van der Waals surface area contributed by atoms with Crippen LogP contribution in [0.5, 0.6) is 0 Å². The molecule has 200 valence electrons. The van der Waals surface area contributed by atoms with E-state index in [1.54, 1.807) is 0 Å². The number of nitrogens with one attached hydrogen (secondary N) is 2. The van der Waals surface area contributed by atoms with E-state index in [0.29, 0.717) is 18.4 Å². The average molecular weight is 470 g/mol. The Morgan fingerprint density at radius 2 is 1.12 bits per heavy atom. The zero-order valence-electron chi connectivity index (χ0n) is 25.5. The highest BCUT2D eigenvalue weighted by Gasteiger charge is 2.35. The zero-order valence-corrected chi connectivity index (χ0v) is 25.5. The third-order valence-corrected chi connectivity index (χ3v) is 5.89. The number of carbonyl (C=O) groups excluding carboxylic acids is 1. The molecule has 0 aromatic carbocycles. The molecule has 0 radical (unpaired) electrons. The minimum Gasteiger partial charge on any atom is -0.319 e. The fraction of sp³-hybridized carbons (Fsp3) is 0.966. The molecule has 0 unspecified atom stereocenters. The maximum atomic E-state index is 12.7. The van der Waals surface area contributed by atoms with Gasteiger partial charge < -0.3 is 10.6 Å². The SMILES string of the molecule is CC.CNCC(C)(C)CC(C)(C)CN(CC(=O)C(C)C)CC(C)(C)CC(C)(C)CNC(C)C. The summed E-state index contributed by atoms with van der Waals surface area (Å²) in [5.74, 6) is 0.433. The predicted octanol–water partition coefficient (Wildman–Crippen LogP) is 6.64. The van der Waals surface area contributed by atoms with Gasteiger partial charge in [0, 0.05) is 31.6 Å². The van der Waals surface area contributed by atoms with E-state index in [4.69, 9.17) is 0 Å². The number of rotatable bonds is 16. The third kappa shape index (κ3) is 17.6. The lowest BCUT2D eigenvalue weighted by atomic mass is 9.73. The maximum Gasteiger partial charge on any atom is 0.149 e. The Kier molecular flexibility index (Phi) is 15.6. The summed E-state index contributed by atoms with van der Waals surface area (Å²) in [5, 5.41) is 6.95. The molecule has 4 heteroatoms. The van der Waals surface area contributed by atoms with E-state index in [1.807, 2.05) is 34.7 Å². The summed E-state index contributed by atoms with van der Waals surface area (Å²) in [6, 6.07) is 0.504. The number of nitrogens with zero attached hydrogens (tertiary/aromatic N) is 1. The molecule has 0 bridgehead atoms. The second-order valence-electron chi connectivity index (χ2n) is 13.8. The molecule has 0 aromatic heterocycles. The van der Waals surface area contributed by atoms with Gasteiger partial charge in [0.1, 0.15) is 5.78 Å². The van der Waals surface area contributed by atoms with Crippen molar-refractivity contribution in [3.8, 4) is 0 Å². The molecular formula is C29H63N3O. The number of ketones is 1. The lowest BCUT2D eigenvalue weighted by Gasteiger charge is -2.43. The Morgan fingerprint density at radius 1 is 0.727 bits per heavy atom. The largest absolute Gasteiger partial charge is 0.319 e. The molecule has 0 saturated carbocycles. The van der Waals surface area contributed by atoms with Crippen LogP contribution in [-0.4, -0.2) is 56.5 Å². The van der Waals surface area contributed by atoms with Crippen molar-refractivity contribution < 1.29 is 4.79 Å². The quantitative estimate of drug-likeness (QED) is 0.266. The van der Waals surface area contributed by atoms with Gasteiger partial charge in [-0.3, -0.25) is 9.69 Å². The lowest BCUT2D eigenvalue weighted by Crippen LogP contribution is -2.46. The molecule has 0 atom stereocenters. The smallest absolute Gasteiger partial charge is 0.149 e. The summed E-state index contributed by atoms with van der Waals surface area (Å²) < 4.78 is 0. The molecule has 0 heterocycles. The molecule has 4 nitrogen and oxygen atoms in total. The van der Waals surface area contributed by atoms with Crippen LogP contribution >= 0.6 is 0 Å². The summed E-state index contributed by atoms with van der Waals surface area (Å²) in [6.45, 7) is 35.8. The molecule has 33 heavy (non-hydrogen) atoms. The first kappa shape index (κ1) is 34.7. The van der Waals surface area contributed by atoms with Crippen LogP contribution in [0.4, 0.5) is 0 Å². The molecule has 0 aliphatic carbocycles. The number of hydrogen-bond donors (Lipinski definition) is 2. The van der Waals surface area contributed by atoms with Crippen LogP contribution in [0.1, 0.15) is 110 Å². The van der Waals surface area contributed by atoms with Crippen LogP contribution in [-0.2, 0) is 4.79 Å². The highest BCUT2D eigenvalue weighted by Crippen LogP contribution is 2.37. The molecule has 0 aromatic rings. The molecule has 0 amide bonds. The van der Waals surface area contributed by atoms with E-state index >= 15 is 0 Å². The fourth-order valence-electron chi connectivity index (χ4n) is 5.57. The summed E-state index contributed by atoms with van der Waals surface area (Å²) in [7, 11) is 2.03. The van der Waals surface area contributed by atoms with Crippen molar-refractivity contribution >= 4 is 5.78 Å². The monoisotopic (exact) mass is 469 g/mol. The minimum absolute atomic E-state index is 0.0844. The van der Waals surface area contributed by atoms with Crippen LogP contribution in [0, 0.1) is 27.6 Å². The summed E-state index contributed by atoms with van der Waals surface area (Å²) in [6.07, 6.45) is 2.25.